The quantitative estimate of drug-likeness (QED) is 0.310. The van der Waals surface area contributed by atoms with Gasteiger partial charge >= 0.3 is 11.9 Å². The minimum absolute atomic E-state index is 0.0310. The second-order valence-corrected chi connectivity index (χ2v) is 6.91. The molecule has 1 aliphatic rings. The summed E-state index contributed by atoms with van der Waals surface area (Å²) in [7, 11) is 1.19. The number of aliphatic hydroxyl groups excluding tert-OH is 3. The lowest BCUT2D eigenvalue weighted by atomic mass is 10.1. The fraction of sp³-hybridized carbons (Fsp3) is 0.476. The highest BCUT2D eigenvalue weighted by Crippen LogP contribution is 2.31. The van der Waals surface area contributed by atoms with Crippen molar-refractivity contribution in [2.24, 2.45) is 0 Å². The molecule has 0 saturated carbocycles. The zero-order valence-corrected chi connectivity index (χ0v) is 18.0. The standard InChI is InChI=1S/C21H28N2O9/c1-3-8-31-17-5-4-13(20(28)32-12-14(26)11-25)9-16(17)22-18-15(21(29)30-2)10-23(6-7-24)19(18)27/h4-5,9,14,22,24-26H,3,6-8,10-12H2,1-2H3. The number of nitrogens with one attached hydrogen (secondary N) is 1. The minimum Gasteiger partial charge on any atom is -0.491 e. The number of carbonyl (C=O) groups is 3. The number of rotatable bonds is 12. The highest BCUT2D eigenvalue weighted by atomic mass is 16.5. The van der Waals surface area contributed by atoms with Gasteiger partial charge in [-0.05, 0) is 24.6 Å². The van der Waals surface area contributed by atoms with Crippen LogP contribution < -0.4 is 10.1 Å². The molecule has 1 amide bonds. The van der Waals surface area contributed by atoms with Gasteiger partial charge in [0.25, 0.3) is 5.91 Å². The van der Waals surface area contributed by atoms with E-state index < -0.39 is 37.2 Å². The molecule has 1 unspecified atom stereocenters. The van der Waals surface area contributed by atoms with E-state index in [0.29, 0.717) is 18.8 Å². The molecule has 0 aliphatic carbocycles. The van der Waals surface area contributed by atoms with Crippen molar-refractivity contribution in [2.45, 2.75) is 19.4 Å². The van der Waals surface area contributed by atoms with Gasteiger partial charge in [0.1, 0.15) is 24.2 Å². The monoisotopic (exact) mass is 452 g/mol. The molecule has 176 valence electrons. The summed E-state index contributed by atoms with van der Waals surface area (Å²) < 4.78 is 15.4. The third-order valence-electron chi connectivity index (χ3n) is 4.51. The van der Waals surface area contributed by atoms with Gasteiger partial charge in [0.05, 0.1) is 50.3 Å². The number of nitrogens with zero attached hydrogens (tertiary/aromatic N) is 1. The van der Waals surface area contributed by atoms with Crippen molar-refractivity contribution in [3.63, 3.8) is 0 Å². The molecule has 32 heavy (non-hydrogen) atoms. The Morgan fingerprint density at radius 2 is 2.00 bits per heavy atom. The Kier molecular flexibility index (Phi) is 9.44. The highest BCUT2D eigenvalue weighted by Gasteiger charge is 2.35. The van der Waals surface area contributed by atoms with E-state index in [4.69, 9.17) is 19.3 Å². The molecule has 1 aliphatic heterocycles. The Hall–Kier alpha value is -3.15. The lowest BCUT2D eigenvalue weighted by molar-refractivity contribution is -0.136. The van der Waals surface area contributed by atoms with E-state index in [2.05, 4.69) is 5.32 Å². The lowest BCUT2D eigenvalue weighted by Crippen LogP contribution is -2.31. The maximum atomic E-state index is 12.8. The first-order chi connectivity index (χ1) is 15.4. The lowest BCUT2D eigenvalue weighted by Gasteiger charge is -2.17. The Labute approximate surface area is 185 Å². The predicted octanol–water partition coefficient (Wildman–Crippen LogP) is -0.341. The highest BCUT2D eigenvalue weighted by molar-refractivity contribution is 6.09. The summed E-state index contributed by atoms with van der Waals surface area (Å²) in [6.07, 6.45) is -0.494. The number of ether oxygens (including phenoxy) is 3. The fourth-order valence-corrected chi connectivity index (χ4v) is 2.88. The zero-order chi connectivity index (χ0) is 23.7. The average molecular weight is 452 g/mol. The Balaban J connectivity index is 2.38. The smallest absolute Gasteiger partial charge is 0.338 e. The molecular weight excluding hydrogens is 424 g/mol. The molecule has 0 fully saturated rings. The van der Waals surface area contributed by atoms with Gasteiger partial charge in [-0.3, -0.25) is 4.79 Å². The first-order valence-corrected chi connectivity index (χ1v) is 10.1. The van der Waals surface area contributed by atoms with Crippen molar-refractivity contribution in [3.8, 4) is 5.75 Å². The van der Waals surface area contributed by atoms with Crippen molar-refractivity contribution in [1.29, 1.82) is 0 Å². The molecule has 11 nitrogen and oxygen atoms in total. The molecule has 1 aromatic rings. The second kappa shape index (κ2) is 12.0. The molecule has 0 radical (unpaired) electrons. The van der Waals surface area contributed by atoms with Gasteiger partial charge in [-0.1, -0.05) is 6.92 Å². The van der Waals surface area contributed by atoms with Crippen LogP contribution in [0, 0.1) is 0 Å². The number of hydrogen-bond donors (Lipinski definition) is 4. The number of methoxy groups -OCH3 is 1. The third kappa shape index (κ3) is 6.19. The Morgan fingerprint density at radius 3 is 2.62 bits per heavy atom. The van der Waals surface area contributed by atoms with E-state index in [1.54, 1.807) is 0 Å². The Morgan fingerprint density at radius 1 is 1.25 bits per heavy atom. The molecule has 1 atom stereocenters. The molecule has 2 rings (SSSR count). The number of benzene rings is 1. The SMILES string of the molecule is CCCOc1ccc(C(=O)OCC(O)CO)cc1NC1=C(C(=O)OC)CN(CCO)C1=O. The van der Waals surface area contributed by atoms with E-state index >= 15 is 0 Å². The van der Waals surface area contributed by atoms with Crippen LogP contribution in [0.15, 0.2) is 29.5 Å². The molecule has 1 heterocycles. The van der Waals surface area contributed by atoms with Gasteiger partial charge in [-0.25, -0.2) is 9.59 Å². The molecule has 0 spiro atoms. The van der Waals surface area contributed by atoms with Crippen molar-refractivity contribution in [1.82, 2.24) is 4.90 Å². The van der Waals surface area contributed by atoms with Gasteiger partial charge in [-0.15, -0.1) is 0 Å². The Bertz CT molecular complexity index is 869. The van der Waals surface area contributed by atoms with Crippen molar-refractivity contribution >= 4 is 23.5 Å². The number of aliphatic hydroxyl groups is 3. The van der Waals surface area contributed by atoms with Crippen LogP contribution >= 0.6 is 0 Å². The summed E-state index contributed by atoms with van der Waals surface area (Å²) in [6.45, 7) is 1.05. The van der Waals surface area contributed by atoms with Crippen LogP contribution in [0.3, 0.4) is 0 Å². The molecule has 1 aromatic carbocycles. The van der Waals surface area contributed by atoms with Crippen molar-refractivity contribution < 1.29 is 43.9 Å². The molecule has 11 heteroatoms. The van der Waals surface area contributed by atoms with Crippen LogP contribution in [0.2, 0.25) is 0 Å². The summed E-state index contributed by atoms with van der Waals surface area (Å²) in [4.78, 5) is 38.6. The maximum absolute atomic E-state index is 12.8. The first kappa shape index (κ1) is 25.1. The number of anilines is 1. The van der Waals surface area contributed by atoms with Gasteiger partial charge in [-0.2, -0.15) is 0 Å². The van der Waals surface area contributed by atoms with Crippen LogP contribution in [0.1, 0.15) is 23.7 Å². The van der Waals surface area contributed by atoms with Crippen molar-refractivity contribution in [3.05, 3.63) is 35.0 Å². The van der Waals surface area contributed by atoms with E-state index in [1.165, 1.54) is 30.2 Å². The van der Waals surface area contributed by atoms with Crippen LogP contribution in [0.5, 0.6) is 5.75 Å². The number of hydrogen-bond acceptors (Lipinski definition) is 10. The van der Waals surface area contributed by atoms with Crippen LogP contribution in [-0.4, -0.2) is 90.8 Å². The number of esters is 2. The summed E-state index contributed by atoms with van der Waals surface area (Å²) in [6, 6.07) is 4.36. The van der Waals surface area contributed by atoms with E-state index in [0.717, 1.165) is 0 Å². The fourth-order valence-electron chi connectivity index (χ4n) is 2.88. The summed E-state index contributed by atoms with van der Waals surface area (Å²) >= 11 is 0. The number of β-amino-alcohol motifs (C(OH)–C–C–N with tert-alkyl or cyclic N) is 1. The van der Waals surface area contributed by atoms with Crippen LogP contribution in [0.4, 0.5) is 5.69 Å². The van der Waals surface area contributed by atoms with Crippen LogP contribution in [0.25, 0.3) is 0 Å². The van der Waals surface area contributed by atoms with Gasteiger partial charge in [0.15, 0.2) is 0 Å². The summed E-state index contributed by atoms with van der Waals surface area (Å²) in [5.74, 6) is -1.64. The van der Waals surface area contributed by atoms with Crippen LogP contribution in [-0.2, 0) is 19.1 Å². The average Bonchev–Trinajstić information content (AvgIpc) is 3.11. The first-order valence-electron chi connectivity index (χ1n) is 10.1. The van der Waals surface area contributed by atoms with E-state index in [1.807, 2.05) is 6.92 Å². The second-order valence-electron chi connectivity index (χ2n) is 6.91. The van der Waals surface area contributed by atoms with Gasteiger partial charge < -0.3 is 39.7 Å². The minimum atomic E-state index is -1.20. The molecule has 4 N–H and O–H groups in total. The number of carbonyl (C=O) groups excluding carboxylic acids is 3. The maximum Gasteiger partial charge on any atom is 0.338 e. The van der Waals surface area contributed by atoms with E-state index in [-0.39, 0.29) is 42.2 Å². The molecule has 0 saturated heterocycles. The molecular formula is C21H28N2O9. The third-order valence-corrected chi connectivity index (χ3v) is 4.51. The van der Waals surface area contributed by atoms with Gasteiger partial charge in [0, 0.05) is 6.54 Å². The molecule has 0 aromatic heterocycles. The largest absolute Gasteiger partial charge is 0.491 e. The van der Waals surface area contributed by atoms with Crippen molar-refractivity contribution in [2.75, 3.05) is 51.9 Å². The van der Waals surface area contributed by atoms with E-state index in [9.17, 15) is 24.6 Å². The summed E-state index contributed by atoms with van der Waals surface area (Å²) in [5, 5.41) is 30.3. The predicted molar refractivity (Wildman–Crippen MR) is 112 cm³/mol. The summed E-state index contributed by atoms with van der Waals surface area (Å²) in [5.41, 5.74) is 0.366. The normalized spacial score (nSPS) is 14.4. The van der Waals surface area contributed by atoms with Gasteiger partial charge in [0.2, 0.25) is 0 Å². The molecule has 0 bridgehead atoms. The number of amides is 1. The zero-order valence-electron chi connectivity index (χ0n) is 18.0. The topological polar surface area (TPSA) is 155 Å².